The first kappa shape index (κ1) is 19.5. The molecule has 1 saturated carbocycles. The number of nitrogens with zero attached hydrogens (tertiary/aromatic N) is 2. The van der Waals surface area contributed by atoms with Crippen LogP contribution in [0.25, 0.3) is 20.7 Å². The molecule has 0 bridgehead atoms. The third kappa shape index (κ3) is 4.26. The van der Waals surface area contributed by atoms with Crippen molar-refractivity contribution in [2.45, 2.75) is 42.5 Å². The standard InChI is InChI=1S/C19H21N3O3S3/c1-28(24,25)21-22-18(23)15-12-16(13-8-4-2-5-9-13)27-17(15)20-19(22)26-14-10-6-3-7-11-14/h2,4-5,8-9,12,14,21H,3,6-7,10-11H2,1H3. The second kappa shape index (κ2) is 7.88. The van der Waals surface area contributed by atoms with Crippen LogP contribution in [0.2, 0.25) is 0 Å². The molecule has 0 amide bonds. The maximum atomic E-state index is 13.1. The summed E-state index contributed by atoms with van der Waals surface area (Å²) in [7, 11) is -3.61. The lowest BCUT2D eigenvalue weighted by atomic mass is 10.0. The molecule has 1 aliphatic rings. The van der Waals surface area contributed by atoms with Crippen molar-refractivity contribution in [3.05, 3.63) is 46.8 Å². The SMILES string of the molecule is CS(=O)(=O)Nn1c(SC2CCCCC2)nc2sc(-c3ccccc3)cc2c1=O. The van der Waals surface area contributed by atoms with Gasteiger partial charge in [0.05, 0.1) is 11.6 Å². The minimum Gasteiger partial charge on any atom is -0.267 e. The van der Waals surface area contributed by atoms with Gasteiger partial charge in [-0.1, -0.05) is 61.4 Å². The number of rotatable bonds is 5. The molecular formula is C19H21N3O3S3. The van der Waals surface area contributed by atoms with Gasteiger partial charge in [0.15, 0.2) is 5.16 Å². The summed E-state index contributed by atoms with van der Waals surface area (Å²) in [5.74, 6) is 0. The Hall–Kier alpha value is -1.84. The van der Waals surface area contributed by atoms with Gasteiger partial charge in [0.1, 0.15) is 4.83 Å². The minimum absolute atomic E-state index is 0.347. The zero-order valence-electron chi connectivity index (χ0n) is 15.4. The summed E-state index contributed by atoms with van der Waals surface area (Å²) in [6.07, 6.45) is 6.68. The van der Waals surface area contributed by atoms with E-state index in [-0.39, 0.29) is 5.56 Å². The number of hydrogen-bond acceptors (Lipinski definition) is 6. The fraction of sp³-hybridized carbons (Fsp3) is 0.368. The van der Waals surface area contributed by atoms with Gasteiger partial charge in [-0.25, -0.2) is 18.2 Å². The van der Waals surface area contributed by atoms with Crippen LogP contribution in [0.15, 0.2) is 46.3 Å². The van der Waals surface area contributed by atoms with Gasteiger partial charge in [-0.05, 0) is 24.5 Å². The molecule has 148 valence electrons. The van der Waals surface area contributed by atoms with Crippen molar-refractivity contribution in [2.75, 3.05) is 11.1 Å². The Bertz CT molecular complexity index is 1150. The molecule has 3 aromatic rings. The Kier molecular flexibility index (Phi) is 5.48. The summed E-state index contributed by atoms with van der Waals surface area (Å²) < 4.78 is 24.8. The first-order chi connectivity index (χ1) is 13.4. The predicted octanol–water partition coefficient (Wildman–Crippen LogP) is 4.05. The van der Waals surface area contributed by atoms with E-state index >= 15 is 0 Å². The second-order valence-corrected chi connectivity index (χ2v) is 11.0. The van der Waals surface area contributed by atoms with E-state index in [9.17, 15) is 13.2 Å². The molecule has 0 aliphatic heterocycles. The van der Waals surface area contributed by atoms with Gasteiger partial charge in [-0.15, -0.1) is 11.3 Å². The summed E-state index contributed by atoms with van der Waals surface area (Å²) in [4.78, 5) is 21.7. The maximum Gasteiger partial charge on any atom is 0.282 e. The van der Waals surface area contributed by atoms with Crippen molar-refractivity contribution in [1.29, 1.82) is 0 Å². The van der Waals surface area contributed by atoms with Crippen LogP contribution in [-0.2, 0) is 10.0 Å². The fourth-order valence-electron chi connectivity index (χ4n) is 3.36. The van der Waals surface area contributed by atoms with Crippen LogP contribution >= 0.6 is 23.1 Å². The summed E-state index contributed by atoms with van der Waals surface area (Å²) in [5, 5.41) is 1.18. The lowest BCUT2D eigenvalue weighted by molar-refractivity contribution is 0.514. The van der Waals surface area contributed by atoms with E-state index < -0.39 is 10.0 Å². The van der Waals surface area contributed by atoms with Crippen molar-refractivity contribution in [3.8, 4) is 10.4 Å². The molecule has 0 atom stereocenters. The zero-order chi connectivity index (χ0) is 19.7. The van der Waals surface area contributed by atoms with Crippen LogP contribution in [0.1, 0.15) is 32.1 Å². The molecule has 1 fully saturated rings. The molecular weight excluding hydrogens is 414 g/mol. The third-order valence-corrected chi connectivity index (χ3v) is 7.56. The molecule has 0 unspecified atom stereocenters. The van der Waals surface area contributed by atoms with Crippen molar-refractivity contribution < 1.29 is 8.42 Å². The molecule has 0 saturated heterocycles. The van der Waals surface area contributed by atoms with Gasteiger partial charge >= 0.3 is 0 Å². The number of thioether (sulfide) groups is 1. The van der Waals surface area contributed by atoms with Crippen LogP contribution in [0.3, 0.4) is 0 Å². The second-order valence-electron chi connectivity index (χ2n) is 6.97. The van der Waals surface area contributed by atoms with Gasteiger partial charge in [-0.3, -0.25) is 4.79 Å². The van der Waals surface area contributed by atoms with E-state index in [1.807, 2.05) is 30.3 Å². The molecule has 1 N–H and O–H groups in total. The van der Waals surface area contributed by atoms with Gasteiger partial charge in [0.2, 0.25) is 10.0 Å². The molecule has 1 aliphatic carbocycles. The van der Waals surface area contributed by atoms with E-state index in [2.05, 4.69) is 9.82 Å². The summed E-state index contributed by atoms with van der Waals surface area (Å²) in [6, 6.07) is 11.6. The fourth-order valence-corrected chi connectivity index (χ4v) is 6.25. The predicted molar refractivity (Wildman–Crippen MR) is 116 cm³/mol. The van der Waals surface area contributed by atoms with Crippen LogP contribution < -0.4 is 10.4 Å². The van der Waals surface area contributed by atoms with E-state index in [1.54, 1.807) is 6.07 Å². The molecule has 28 heavy (non-hydrogen) atoms. The first-order valence-electron chi connectivity index (χ1n) is 9.17. The number of aromatic nitrogens is 2. The van der Waals surface area contributed by atoms with Gasteiger partial charge in [0, 0.05) is 10.1 Å². The quantitative estimate of drug-likeness (QED) is 0.612. The number of hydrogen-bond donors (Lipinski definition) is 1. The summed E-state index contributed by atoms with van der Waals surface area (Å²) >= 11 is 2.95. The van der Waals surface area contributed by atoms with E-state index in [0.717, 1.165) is 47.1 Å². The van der Waals surface area contributed by atoms with E-state index in [0.29, 0.717) is 20.6 Å². The highest BCUT2D eigenvalue weighted by Crippen LogP contribution is 2.35. The Morgan fingerprint density at radius 2 is 1.89 bits per heavy atom. The number of sulfonamides is 1. The van der Waals surface area contributed by atoms with E-state index in [1.165, 1.54) is 29.5 Å². The molecule has 0 radical (unpaired) electrons. The average molecular weight is 436 g/mol. The van der Waals surface area contributed by atoms with Crippen molar-refractivity contribution in [2.24, 2.45) is 0 Å². The van der Waals surface area contributed by atoms with Crippen molar-refractivity contribution >= 4 is 43.3 Å². The largest absolute Gasteiger partial charge is 0.282 e. The Morgan fingerprint density at radius 3 is 2.57 bits per heavy atom. The maximum absolute atomic E-state index is 13.1. The van der Waals surface area contributed by atoms with Crippen molar-refractivity contribution in [3.63, 3.8) is 0 Å². The van der Waals surface area contributed by atoms with Crippen molar-refractivity contribution in [1.82, 2.24) is 9.66 Å². The van der Waals surface area contributed by atoms with E-state index in [4.69, 9.17) is 0 Å². The van der Waals surface area contributed by atoms with Crippen LogP contribution in [-0.4, -0.2) is 29.6 Å². The lowest BCUT2D eigenvalue weighted by Crippen LogP contribution is -2.34. The Balaban J connectivity index is 1.82. The normalized spacial score (nSPS) is 15.8. The number of benzene rings is 1. The zero-order valence-corrected chi connectivity index (χ0v) is 17.9. The molecule has 6 nitrogen and oxygen atoms in total. The average Bonchev–Trinajstić information content (AvgIpc) is 3.10. The number of fused-ring (bicyclic) bond motifs is 1. The Morgan fingerprint density at radius 1 is 1.18 bits per heavy atom. The van der Waals surface area contributed by atoms with Crippen LogP contribution in [0, 0.1) is 0 Å². The lowest BCUT2D eigenvalue weighted by Gasteiger charge is -2.22. The van der Waals surface area contributed by atoms with Gasteiger partial charge < -0.3 is 0 Å². The molecule has 2 heterocycles. The number of nitrogens with one attached hydrogen (secondary N) is 1. The molecule has 2 aromatic heterocycles. The number of thiophene rings is 1. The molecule has 4 rings (SSSR count). The molecule has 0 spiro atoms. The van der Waals surface area contributed by atoms with Crippen LogP contribution in [0.5, 0.6) is 0 Å². The highest BCUT2D eigenvalue weighted by molar-refractivity contribution is 7.99. The monoisotopic (exact) mass is 435 g/mol. The van der Waals surface area contributed by atoms with Gasteiger partial charge in [-0.2, -0.15) is 4.68 Å². The highest BCUT2D eigenvalue weighted by Gasteiger charge is 2.22. The smallest absolute Gasteiger partial charge is 0.267 e. The summed E-state index contributed by atoms with van der Waals surface area (Å²) in [5.41, 5.74) is 0.626. The van der Waals surface area contributed by atoms with Gasteiger partial charge in [0.25, 0.3) is 5.56 Å². The van der Waals surface area contributed by atoms with Crippen LogP contribution in [0.4, 0.5) is 0 Å². The topological polar surface area (TPSA) is 81.1 Å². The molecule has 1 aromatic carbocycles. The third-order valence-electron chi connectivity index (χ3n) is 4.67. The molecule has 9 heteroatoms. The highest BCUT2D eigenvalue weighted by atomic mass is 32.2. The Labute approximate surface area is 172 Å². The summed E-state index contributed by atoms with van der Waals surface area (Å²) in [6.45, 7) is 0. The minimum atomic E-state index is -3.61. The first-order valence-corrected chi connectivity index (χ1v) is 12.8.